The number of urea groups is 1. The van der Waals surface area contributed by atoms with Gasteiger partial charge in [0.15, 0.2) is 0 Å². The Kier molecular flexibility index (Phi) is 3.13. The van der Waals surface area contributed by atoms with Gasteiger partial charge in [-0.1, -0.05) is 0 Å². The molecule has 0 aliphatic carbocycles. The van der Waals surface area contributed by atoms with Gasteiger partial charge in [0.25, 0.3) is 0 Å². The second-order valence-electron chi connectivity index (χ2n) is 2.34. The molecular formula is C8H9BrN2O2. The lowest BCUT2D eigenvalue weighted by Crippen LogP contribution is -2.19. The van der Waals surface area contributed by atoms with E-state index in [4.69, 9.17) is 10.5 Å². The van der Waals surface area contributed by atoms with Crippen LogP contribution in [0.4, 0.5) is 10.5 Å². The first-order chi connectivity index (χ1) is 6.13. The van der Waals surface area contributed by atoms with Crippen molar-refractivity contribution in [3.05, 3.63) is 22.7 Å². The lowest BCUT2D eigenvalue weighted by Gasteiger charge is -2.06. The molecule has 0 unspecified atom stereocenters. The normalized spacial score (nSPS) is 9.38. The molecule has 13 heavy (non-hydrogen) atoms. The fourth-order valence-corrected chi connectivity index (χ4v) is 1.29. The van der Waals surface area contributed by atoms with Crippen LogP contribution in [0.3, 0.4) is 0 Å². The molecule has 1 rings (SSSR count). The van der Waals surface area contributed by atoms with Gasteiger partial charge < -0.3 is 15.8 Å². The summed E-state index contributed by atoms with van der Waals surface area (Å²) in [7, 11) is 1.55. The number of amides is 2. The topological polar surface area (TPSA) is 64.3 Å². The number of hydrogen-bond donors (Lipinski definition) is 2. The van der Waals surface area contributed by atoms with Crippen LogP contribution in [-0.2, 0) is 0 Å². The second-order valence-corrected chi connectivity index (χ2v) is 3.19. The smallest absolute Gasteiger partial charge is 0.316 e. The van der Waals surface area contributed by atoms with Gasteiger partial charge in [0, 0.05) is 11.8 Å². The number of primary amides is 1. The van der Waals surface area contributed by atoms with E-state index in [2.05, 4.69) is 21.2 Å². The number of methoxy groups -OCH3 is 1. The Hall–Kier alpha value is -1.23. The van der Waals surface area contributed by atoms with Crippen molar-refractivity contribution < 1.29 is 9.53 Å². The number of nitrogens with one attached hydrogen (secondary N) is 1. The highest BCUT2D eigenvalue weighted by Crippen LogP contribution is 2.27. The van der Waals surface area contributed by atoms with Gasteiger partial charge in [-0.3, -0.25) is 0 Å². The van der Waals surface area contributed by atoms with E-state index < -0.39 is 6.03 Å². The summed E-state index contributed by atoms with van der Waals surface area (Å²) in [5, 5.41) is 2.44. The summed E-state index contributed by atoms with van der Waals surface area (Å²) in [6.45, 7) is 0. The van der Waals surface area contributed by atoms with E-state index in [9.17, 15) is 4.79 Å². The van der Waals surface area contributed by atoms with Crippen LogP contribution in [0.1, 0.15) is 0 Å². The van der Waals surface area contributed by atoms with Crippen molar-refractivity contribution in [3.63, 3.8) is 0 Å². The number of ether oxygens (including phenoxy) is 1. The molecule has 0 aromatic heterocycles. The molecule has 0 aliphatic rings. The molecule has 2 amide bonds. The molecule has 0 saturated carbocycles. The number of hydrogen-bond acceptors (Lipinski definition) is 2. The summed E-state index contributed by atoms with van der Waals surface area (Å²) >= 11 is 3.29. The highest BCUT2D eigenvalue weighted by molar-refractivity contribution is 9.10. The van der Waals surface area contributed by atoms with E-state index >= 15 is 0 Å². The molecule has 1 aromatic rings. The largest absolute Gasteiger partial charge is 0.495 e. The number of halogens is 1. The fraction of sp³-hybridized carbons (Fsp3) is 0.125. The Balaban J connectivity index is 2.92. The van der Waals surface area contributed by atoms with Crippen molar-refractivity contribution in [2.45, 2.75) is 0 Å². The number of rotatable bonds is 2. The Labute approximate surface area is 84.2 Å². The summed E-state index contributed by atoms with van der Waals surface area (Å²) in [6.07, 6.45) is 0. The fourth-order valence-electron chi connectivity index (χ4n) is 0.880. The Bertz CT molecular complexity index is 328. The monoisotopic (exact) mass is 244 g/mol. The van der Waals surface area contributed by atoms with Crippen LogP contribution in [0, 0.1) is 0 Å². The van der Waals surface area contributed by atoms with Crippen molar-refractivity contribution in [2.24, 2.45) is 5.73 Å². The summed E-state index contributed by atoms with van der Waals surface area (Å²) in [6, 6.07) is 4.57. The summed E-state index contributed by atoms with van der Waals surface area (Å²) in [5.74, 6) is 0.645. The molecule has 3 N–H and O–H groups in total. The summed E-state index contributed by atoms with van der Waals surface area (Å²) < 4.78 is 5.85. The molecule has 0 spiro atoms. The first kappa shape index (κ1) is 9.85. The van der Waals surface area contributed by atoms with Crippen LogP contribution in [0.5, 0.6) is 5.75 Å². The quantitative estimate of drug-likeness (QED) is 0.836. The molecule has 1 aromatic carbocycles. The van der Waals surface area contributed by atoms with E-state index in [0.29, 0.717) is 11.4 Å². The number of carbonyl (C=O) groups is 1. The van der Waals surface area contributed by atoms with Gasteiger partial charge in [-0.05, 0) is 28.1 Å². The van der Waals surface area contributed by atoms with Gasteiger partial charge in [0.2, 0.25) is 0 Å². The van der Waals surface area contributed by atoms with E-state index in [1.807, 2.05) is 0 Å². The molecule has 0 aliphatic heterocycles. The van der Waals surface area contributed by atoms with E-state index in [0.717, 1.165) is 4.47 Å². The Morgan fingerprint density at radius 2 is 2.31 bits per heavy atom. The third kappa shape index (κ3) is 2.62. The lowest BCUT2D eigenvalue weighted by molar-refractivity contribution is 0.259. The zero-order valence-electron chi connectivity index (χ0n) is 7.00. The van der Waals surface area contributed by atoms with Gasteiger partial charge in [-0.2, -0.15) is 0 Å². The molecule has 0 heterocycles. The standard InChI is InChI=1S/C8H9BrN2O2/c1-13-7-4-5(11-8(10)12)2-3-6(7)9/h2-4H,1H3,(H3,10,11,12). The average Bonchev–Trinajstić information content (AvgIpc) is 2.07. The first-order valence-electron chi connectivity index (χ1n) is 3.53. The molecule has 0 atom stereocenters. The molecule has 0 radical (unpaired) electrons. The number of anilines is 1. The lowest BCUT2D eigenvalue weighted by atomic mass is 10.3. The molecule has 0 saturated heterocycles. The summed E-state index contributed by atoms with van der Waals surface area (Å²) in [5.41, 5.74) is 5.56. The maximum Gasteiger partial charge on any atom is 0.316 e. The SMILES string of the molecule is COc1cc(NC(N)=O)ccc1Br. The first-order valence-corrected chi connectivity index (χ1v) is 4.33. The van der Waals surface area contributed by atoms with Crippen molar-refractivity contribution in [1.29, 1.82) is 0 Å². The highest BCUT2D eigenvalue weighted by Gasteiger charge is 2.02. The van der Waals surface area contributed by atoms with Gasteiger partial charge in [0.1, 0.15) is 5.75 Å². The van der Waals surface area contributed by atoms with Crippen LogP contribution < -0.4 is 15.8 Å². The minimum absolute atomic E-state index is 0.593. The zero-order chi connectivity index (χ0) is 9.84. The minimum Gasteiger partial charge on any atom is -0.495 e. The average molecular weight is 245 g/mol. The van der Waals surface area contributed by atoms with E-state index in [-0.39, 0.29) is 0 Å². The predicted molar refractivity (Wildman–Crippen MR) is 53.9 cm³/mol. The maximum absolute atomic E-state index is 10.5. The van der Waals surface area contributed by atoms with Gasteiger partial charge in [-0.25, -0.2) is 4.79 Å². The van der Waals surface area contributed by atoms with Crippen LogP contribution >= 0.6 is 15.9 Å². The molecule has 0 fully saturated rings. The Morgan fingerprint density at radius 1 is 1.62 bits per heavy atom. The molecule has 70 valence electrons. The highest BCUT2D eigenvalue weighted by atomic mass is 79.9. The number of nitrogens with two attached hydrogens (primary N) is 1. The molecule has 5 heteroatoms. The predicted octanol–water partition coefficient (Wildman–Crippen LogP) is 1.95. The molecule has 4 nitrogen and oxygen atoms in total. The minimum atomic E-state index is -0.593. The zero-order valence-corrected chi connectivity index (χ0v) is 8.59. The van der Waals surface area contributed by atoms with Crippen molar-refractivity contribution in [1.82, 2.24) is 0 Å². The van der Waals surface area contributed by atoms with Gasteiger partial charge in [-0.15, -0.1) is 0 Å². The van der Waals surface area contributed by atoms with Crippen molar-refractivity contribution >= 4 is 27.6 Å². The van der Waals surface area contributed by atoms with E-state index in [1.54, 1.807) is 25.3 Å². The van der Waals surface area contributed by atoms with E-state index in [1.165, 1.54) is 0 Å². The number of benzene rings is 1. The van der Waals surface area contributed by atoms with Crippen molar-refractivity contribution in [2.75, 3.05) is 12.4 Å². The van der Waals surface area contributed by atoms with Crippen LogP contribution in [0.2, 0.25) is 0 Å². The van der Waals surface area contributed by atoms with Gasteiger partial charge in [0.05, 0.1) is 11.6 Å². The summed E-state index contributed by atoms with van der Waals surface area (Å²) in [4.78, 5) is 10.5. The Morgan fingerprint density at radius 3 is 2.85 bits per heavy atom. The van der Waals surface area contributed by atoms with Crippen LogP contribution in [0.15, 0.2) is 22.7 Å². The third-order valence-corrected chi connectivity index (χ3v) is 2.07. The number of carbonyl (C=O) groups excluding carboxylic acids is 1. The van der Waals surface area contributed by atoms with Crippen LogP contribution in [0.25, 0.3) is 0 Å². The van der Waals surface area contributed by atoms with Crippen molar-refractivity contribution in [3.8, 4) is 5.75 Å². The molecular weight excluding hydrogens is 236 g/mol. The maximum atomic E-state index is 10.5. The van der Waals surface area contributed by atoms with Crippen LogP contribution in [-0.4, -0.2) is 13.1 Å². The van der Waals surface area contributed by atoms with Gasteiger partial charge >= 0.3 is 6.03 Å². The second kappa shape index (κ2) is 4.13. The molecule has 0 bridgehead atoms. The third-order valence-electron chi connectivity index (χ3n) is 1.42.